The number of aryl methyl sites for hydroxylation is 1. The summed E-state index contributed by atoms with van der Waals surface area (Å²) in [4.78, 5) is 2.29. The Bertz CT molecular complexity index is 1200. The number of hydrogen-bond acceptors (Lipinski definition) is 4. The number of halogens is 3. The van der Waals surface area contributed by atoms with E-state index >= 15 is 0 Å². The van der Waals surface area contributed by atoms with Crippen LogP contribution in [0.1, 0.15) is 30.5 Å². The highest BCUT2D eigenvalue weighted by Crippen LogP contribution is 2.33. The maximum Gasteiger partial charge on any atom is 0.416 e. The van der Waals surface area contributed by atoms with Crippen molar-refractivity contribution in [2.45, 2.75) is 26.4 Å². The lowest BCUT2D eigenvalue weighted by atomic mass is 9.97. The lowest BCUT2D eigenvalue weighted by Gasteiger charge is -2.29. The third kappa shape index (κ3) is 4.92. The van der Waals surface area contributed by atoms with E-state index in [0.717, 1.165) is 48.5 Å². The van der Waals surface area contributed by atoms with Crippen molar-refractivity contribution in [3.8, 4) is 22.9 Å². The van der Waals surface area contributed by atoms with Gasteiger partial charge in [-0.25, -0.2) is 0 Å². The zero-order chi connectivity index (χ0) is 23.4. The second kappa shape index (κ2) is 9.48. The van der Waals surface area contributed by atoms with Gasteiger partial charge in [0.05, 0.1) is 5.56 Å². The minimum atomic E-state index is -4.39. The van der Waals surface area contributed by atoms with Crippen LogP contribution in [0.25, 0.3) is 28.6 Å². The van der Waals surface area contributed by atoms with Crippen LogP contribution in [0, 0.1) is 0 Å². The second-order valence-corrected chi connectivity index (χ2v) is 7.67. The van der Waals surface area contributed by atoms with Crippen LogP contribution in [0.15, 0.2) is 77.3 Å². The molecule has 7 heteroatoms. The largest absolute Gasteiger partial charge is 0.416 e. The molecule has 0 radical (unpaired) electrons. The summed E-state index contributed by atoms with van der Waals surface area (Å²) < 4.78 is 44.3. The molecule has 0 unspecified atom stereocenters. The van der Waals surface area contributed by atoms with Crippen LogP contribution in [0.3, 0.4) is 0 Å². The third-order valence-corrected chi connectivity index (χ3v) is 5.52. The van der Waals surface area contributed by atoms with Gasteiger partial charge in [0.2, 0.25) is 11.8 Å². The van der Waals surface area contributed by atoms with Crippen molar-refractivity contribution >= 4 is 5.70 Å². The van der Waals surface area contributed by atoms with Crippen LogP contribution >= 0.6 is 0 Å². The molecule has 0 bridgehead atoms. The van der Waals surface area contributed by atoms with Crippen LogP contribution in [-0.2, 0) is 12.6 Å². The SMILES string of the molecule is CC=CCN1CC=CC=C1c1cc(-c2nnc(-c3ccc(C(F)(F)F)cc3)o2)ccc1CC. The monoisotopic (exact) mass is 451 g/mol. The van der Waals surface area contributed by atoms with Crippen molar-refractivity contribution < 1.29 is 17.6 Å². The van der Waals surface area contributed by atoms with Crippen LogP contribution in [0.4, 0.5) is 13.2 Å². The molecule has 4 rings (SSSR count). The fraction of sp³-hybridized carbons (Fsp3) is 0.231. The molecular weight excluding hydrogens is 427 g/mol. The Morgan fingerprint density at radius 1 is 1.03 bits per heavy atom. The summed E-state index contributed by atoms with van der Waals surface area (Å²) in [7, 11) is 0. The Balaban J connectivity index is 1.66. The molecule has 1 aliphatic heterocycles. The van der Waals surface area contributed by atoms with Crippen molar-refractivity contribution in [1.29, 1.82) is 0 Å². The minimum absolute atomic E-state index is 0.175. The minimum Gasteiger partial charge on any atom is -0.416 e. The van der Waals surface area contributed by atoms with E-state index in [4.69, 9.17) is 4.42 Å². The van der Waals surface area contributed by atoms with Gasteiger partial charge < -0.3 is 9.32 Å². The van der Waals surface area contributed by atoms with Gasteiger partial charge in [-0.3, -0.25) is 0 Å². The number of rotatable bonds is 6. The quantitative estimate of drug-likeness (QED) is 0.388. The van der Waals surface area contributed by atoms with Crippen molar-refractivity contribution in [3.63, 3.8) is 0 Å². The first kappa shape index (κ1) is 22.6. The molecule has 2 heterocycles. The summed E-state index contributed by atoms with van der Waals surface area (Å²) in [5.41, 5.74) is 3.89. The molecule has 1 aromatic heterocycles. The molecular formula is C26H24F3N3O. The molecule has 33 heavy (non-hydrogen) atoms. The number of alkyl halides is 3. The summed E-state index contributed by atoms with van der Waals surface area (Å²) in [5, 5.41) is 8.20. The van der Waals surface area contributed by atoms with Crippen molar-refractivity contribution in [2.24, 2.45) is 0 Å². The Morgan fingerprint density at radius 3 is 2.39 bits per heavy atom. The summed E-state index contributed by atoms with van der Waals surface area (Å²) in [6.45, 7) is 5.75. The molecule has 0 saturated carbocycles. The average Bonchev–Trinajstić information content (AvgIpc) is 3.32. The highest BCUT2D eigenvalue weighted by atomic mass is 19.4. The molecule has 170 valence electrons. The van der Waals surface area contributed by atoms with E-state index in [1.807, 2.05) is 25.1 Å². The van der Waals surface area contributed by atoms with Crippen molar-refractivity contribution in [3.05, 3.63) is 89.5 Å². The van der Waals surface area contributed by atoms with E-state index in [2.05, 4.69) is 52.4 Å². The van der Waals surface area contributed by atoms with Gasteiger partial charge in [0.25, 0.3) is 0 Å². The summed E-state index contributed by atoms with van der Waals surface area (Å²) in [6, 6.07) is 10.7. The number of allylic oxidation sites excluding steroid dienone is 3. The normalized spacial score (nSPS) is 14.2. The Kier molecular flexibility index (Phi) is 6.49. The highest BCUT2D eigenvalue weighted by molar-refractivity contribution is 5.74. The predicted octanol–water partition coefficient (Wildman–Crippen LogP) is 6.77. The zero-order valence-electron chi connectivity index (χ0n) is 18.4. The van der Waals surface area contributed by atoms with Crippen LogP contribution in [-0.4, -0.2) is 28.2 Å². The fourth-order valence-corrected chi connectivity index (χ4v) is 3.73. The van der Waals surface area contributed by atoms with Crippen molar-refractivity contribution in [2.75, 3.05) is 13.1 Å². The molecule has 4 nitrogen and oxygen atoms in total. The molecule has 1 aliphatic rings. The molecule has 2 aromatic carbocycles. The first-order valence-electron chi connectivity index (χ1n) is 10.8. The van der Waals surface area contributed by atoms with E-state index in [-0.39, 0.29) is 5.89 Å². The fourth-order valence-electron chi connectivity index (χ4n) is 3.73. The van der Waals surface area contributed by atoms with Crippen LogP contribution in [0.5, 0.6) is 0 Å². The molecule has 0 fully saturated rings. The molecule has 0 atom stereocenters. The van der Waals surface area contributed by atoms with Gasteiger partial charge >= 0.3 is 6.18 Å². The standard InChI is InChI=1S/C26H24F3N3O/c1-3-5-15-32-16-7-6-8-23(32)22-17-20(10-9-18(22)4-2)25-31-30-24(33-25)19-11-13-21(14-12-19)26(27,28)29/h3,5-14,17H,4,15-16H2,1-2H3. The molecule has 0 saturated heterocycles. The van der Waals surface area contributed by atoms with E-state index in [1.54, 1.807) is 0 Å². The lowest BCUT2D eigenvalue weighted by Crippen LogP contribution is -2.24. The first-order valence-corrected chi connectivity index (χ1v) is 10.8. The van der Waals surface area contributed by atoms with E-state index in [1.165, 1.54) is 17.7 Å². The van der Waals surface area contributed by atoms with Gasteiger partial charge in [0, 0.05) is 35.5 Å². The van der Waals surface area contributed by atoms with Gasteiger partial charge in [-0.1, -0.05) is 37.3 Å². The third-order valence-electron chi connectivity index (χ3n) is 5.52. The van der Waals surface area contributed by atoms with Gasteiger partial charge in [-0.05, 0) is 61.4 Å². The second-order valence-electron chi connectivity index (χ2n) is 7.67. The van der Waals surface area contributed by atoms with Gasteiger partial charge in [0.1, 0.15) is 0 Å². The Morgan fingerprint density at radius 2 is 1.73 bits per heavy atom. The Hall–Kier alpha value is -3.61. The molecule has 3 aromatic rings. The maximum atomic E-state index is 12.8. The Labute approximate surface area is 190 Å². The summed E-state index contributed by atoms with van der Waals surface area (Å²) in [5.74, 6) is 0.495. The van der Waals surface area contributed by atoms with E-state index < -0.39 is 11.7 Å². The number of nitrogens with zero attached hydrogens (tertiary/aromatic N) is 3. The highest BCUT2D eigenvalue weighted by Gasteiger charge is 2.30. The molecule has 0 spiro atoms. The molecule has 0 N–H and O–H groups in total. The van der Waals surface area contributed by atoms with Gasteiger partial charge in [-0.15, -0.1) is 10.2 Å². The van der Waals surface area contributed by atoms with Crippen molar-refractivity contribution in [1.82, 2.24) is 15.1 Å². The van der Waals surface area contributed by atoms with Gasteiger partial charge in [0.15, 0.2) is 0 Å². The first-order chi connectivity index (χ1) is 15.9. The number of hydrogen-bond donors (Lipinski definition) is 0. The topological polar surface area (TPSA) is 42.2 Å². The number of aromatic nitrogens is 2. The predicted molar refractivity (Wildman–Crippen MR) is 123 cm³/mol. The van der Waals surface area contributed by atoms with Crippen LogP contribution < -0.4 is 0 Å². The molecule has 0 aliphatic carbocycles. The summed E-state index contributed by atoms with van der Waals surface area (Å²) >= 11 is 0. The maximum absolute atomic E-state index is 12.8. The zero-order valence-corrected chi connectivity index (χ0v) is 18.4. The van der Waals surface area contributed by atoms with E-state index in [0.29, 0.717) is 11.5 Å². The van der Waals surface area contributed by atoms with Gasteiger partial charge in [-0.2, -0.15) is 13.2 Å². The van der Waals surface area contributed by atoms with Crippen LogP contribution in [0.2, 0.25) is 0 Å². The lowest BCUT2D eigenvalue weighted by molar-refractivity contribution is -0.137. The average molecular weight is 451 g/mol. The summed E-state index contributed by atoms with van der Waals surface area (Å²) in [6.07, 6.45) is 6.92. The van der Waals surface area contributed by atoms with E-state index in [9.17, 15) is 13.2 Å². The number of benzene rings is 2. The molecule has 0 amide bonds. The smallest absolute Gasteiger partial charge is 0.416 e.